The predicted molar refractivity (Wildman–Crippen MR) is 118 cm³/mol. The quantitative estimate of drug-likeness (QED) is 0.775. The van der Waals surface area contributed by atoms with E-state index in [1.54, 1.807) is 29.2 Å². The van der Waals surface area contributed by atoms with Gasteiger partial charge < -0.3 is 10.2 Å². The van der Waals surface area contributed by atoms with Crippen LogP contribution < -0.4 is 5.32 Å². The van der Waals surface area contributed by atoms with E-state index in [2.05, 4.69) is 5.32 Å². The Hall–Kier alpha value is -3.13. The molecule has 1 atom stereocenters. The van der Waals surface area contributed by atoms with E-state index < -0.39 is 0 Å². The lowest BCUT2D eigenvalue weighted by atomic mass is 9.90. The molecule has 0 aromatic heterocycles. The number of hydrogen-bond donors (Lipinski definition) is 1. The van der Waals surface area contributed by atoms with Gasteiger partial charge in [-0.25, -0.2) is 0 Å². The van der Waals surface area contributed by atoms with Gasteiger partial charge in [-0.15, -0.1) is 0 Å². The highest BCUT2D eigenvalue weighted by Crippen LogP contribution is 2.32. The van der Waals surface area contributed by atoms with Crippen molar-refractivity contribution in [3.05, 3.63) is 65.2 Å². The van der Waals surface area contributed by atoms with Gasteiger partial charge in [0.25, 0.3) is 5.24 Å². The summed E-state index contributed by atoms with van der Waals surface area (Å²) in [6, 6.07) is 14.7. The number of fused-ring (bicyclic) bond motifs is 1. The zero-order chi connectivity index (χ0) is 22.0. The molecule has 7 nitrogen and oxygen atoms in total. The first-order chi connectivity index (χ1) is 14.9. The number of carbonyl (C=O) groups is 4. The van der Waals surface area contributed by atoms with Crippen molar-refractivity contribution < 1.29 is 19.2 Å². The summed E-state index contributed by atoms with van der Waals surface area (Å²) in [5, 5.41) is 2.66. The molecule has 0 radical (unpaired) electrons. The van der Waals surface area contributed by atoms with Crippen LogP contribution in [0.2, 0.25) is 0 Å². The van der Waals surface area contributed by atoms with Crippen LogP contribution in [0.4, 0.5) is 10.5 Å². The van der Waals surface area contributed by atoms with Crippen molar-refractivity contribution in [1.29, 1.82) is 0 Å². The number of imide groups is 1. The Balaban J connectivity index is 1.42. The molecule has 160 valence electrons. The Morgan fingerprint density at radius 2 is 1.84 bits per heavy atom. The lowest BCUT2D eigenvalue weighted by molar-refractivity contribution is -0.132. The van der Waals surface area contributed by atoms with Gasteiger partial charge in [0, 0.05) is 19.2 Å². The molecular formula is C23H23N3O4S. The molecule has 0 saturated carbocycles. The van der Waals surface area contributed by atoms with E-state index in [0.29, 0.717) is 12.2 Å². The molecule has 2 heterocycles. The Bertz CT molecular complexity index is 1020. The largest absolute Gasteiger partial charge is 0.335 e. The first-order valence-corrected chi connectivity index (χ1v) is 11.1. The molecular weight excluding hydrogens is 414 g/mol. The number of anilines is 1. The molecule has 0 bridgehead atoms. The average molecular weight is 438 g/mol. The molecule has 2 aliphatic heterocycles. The molecule has 1 unspecified atom stereocenters. The minimum atomic E-state index is -0.286. The fourth-order valence-electron chi connectivity index (χ4n) is 4.05. The second kappa shape index (κ2) is 8.93. The van der Waals surface area contributed by atoms with Gasteiger partial charge in [0.15, 0.2) is 0 Å². The van der Waals surface area contributed by atoms with E-state index in [1.165, 1.54) is 17.4 Å². The zero-order valence-corrected chi connectivity index (χ0v) is 18.0. The first-order valence-electron chi connectivity index (χ1n) is 10.1. The van der Waals surface area contributed by atoms with Gasteiger partial charge in [-0.2, -0.15) is 0 Å². The number of thioether (sulfide) groups is 1. The second-order valence-corrected chi connectivity index (χ2v) is 8.59. The fourth-order valence-corrected chi connectivity index (χ4v) is 4.77. The van der Waals surface area contributed by atoms with Gasteiger partial charge in [-0.3, -0.25) is 24.1 Å². The molecule has 4 rings (SSSR count). The van der Waals surface area contributed by atoms with Crippen molar-refractivity contribution >= 4 is 40.4 Å². The monoisotopic (exact) mass is 437 g/mol. The summed E-state index contributed by atoms with van der Waals surface area (Å²) in [4.78, 5) is 51.4. The van der Waals surface area contributed by atoms with Crippen LogP contribution in [0.3, 0.4) is 0 Å². The van der Waals surface area contributed by atoms with Crippen molar-refractivity contribution in [2.45, 2.75) is 32.4 Å². The Morgan fingerprint density at radius 3 is 2.52 bits per heavy atom. The van der Waals surface area contributed by atoms with Crippen molar-refractivity contribution in [1.82, 2.24) is 9.80 Å². The summed E-state index contributed by atoms with van der Waals surface area (Å²) in [5.74, 6) is -0.216. The fraction of sp³-hybridized carbons (Fsp3) is 0.304. The van der Waals surface area contributed by atoms with Gasteiger partial charge in [-0.1, -0.05) is 48.2 Å². The van der Waals surface area contributed by atoms with Crippen LogP contribution in [-0.2, 0) is 27.3 Å². The van der Waals surface area contributed by atoms with E-state index in [9.17, 15) is 19.2 Å². The molecule has 1 saturated heterocycles. The van der Waals surface area contributed by atoms with E-state index in [1.807, 2.05) is 24.3 Å². The maximum Gasteiger partial charge on any atom is 0.289 e. The van der Waals surface area contributed by atoms with Crippen molar-refractivity contribution in [3.63, 3.8) is 0 Å². The Morgan fingerprint density at radius 1 is 1.10 bits per heavy atom. The van der Waals surface area contributed by atoms with Crippen LogP contribution in [0.1, 0.15) is 36.1 Å². The average Bonchev–Trinajstić information content (AvgIpc) is 3.07. The normalized spacial score (nSPS) is 18.2. The standard InChI is InChI=1S/C23H23N3O4S/c1-15(27)25-11-10-17-4-2-3-5-19(17)20(25)12-21(28)24-18-8-6-16(7-9-18)13-26-22(29)14-31-23(26)30/h2-9,20H,10-14H2,1H3,(H,24,28). The van der Waals surface area contributed by atoms with Crippen molar-refractivity contribution in [3.8, 4) is 0 Å². The Kier molecular flexibility index (Phi) is 6.08. The molecule has 0 aliphatic carbocycles. The van der Waals surface area contributed by atoms with Crippen LogP contribution >= 0.6 is 11.8 Å². The second-order valence-electron chi connectivity index (χ2n) is 7.66. The summed E-state index contributed by atoms with van der Waals surface area (Å²) in [5.41, 5.74) is 3.63. The third-order valence-electron chi connectivity index (χ3n) is 5.61. The van der Waals surface area contributed by atoms with Gasteiger partial charge in [-0.05, 0) is 35.2 Å². The molecule has 31 heavy (non-hydrogen) atoms. The van der Waals surface area contributed by atoms with Crippen LogP contribution in [0, 0.1) is 0 Å². The molecule has 8 heteroatoms. The topological polar surface area (TPSA) is 86.8 Å². The summed E-state index contributed by atoms with van der Waals surface area (Å²) in [6.45, 7) is 2.36. The Labute approximate surface area is 184 Å². The summed E-state index contributed by atoms with van der Waals surface area (Å²) in [7, 11) is 0. The van der Waals surface area contributed by atoms with Crippen LogP contribution in [0.25, 0.3) is 0 Å². The van der Waals surface area contributed by atoms with Gasteiger partial charge in [0.1, 0.15) is 0 Å². The number of rotatable bonds is 5. The summed E-state index contributed by atoms with van der Waals surface area (Å²) >= 11 is 1.01. The number of amides is 4. The van der Waals surface area contributed by atoms with E-state index in [4.69, 9.17) is 0 Å². The van der Waals surface area contributed by atoms with E-state index in [0.717, 1.165) is 29.3 Å². The number of carbonyl (C=O) groups excluding carboxylic acids is 4. The lowest BCUT2D eigenvalue weighted by Crippen LogP contribution is -2.40. The maximum atomic E-state index is 12.8. The van der Waals surface area contributed by atoms with Crippen molar-refractivity contribution in [2.24, 2.45) is 0 Å². The molecule has 0 spiro atoms. The smallest absolute Gasteiger partial charge is 0.289 e. The molecule has 2 aliphatic rings. The minimum absolute atomic E-state index is 0.0409. The van der Waals surface area contributed by atoms with Crippen LogP contribution in [-0.4, -0.2) is 45.1 Å². The van der Waals surface area contributed by atoms with E-state index in [-0.39, 0.29) is 47.7 Å². The first kappa shape index (κ1) is 21.1. The third-order valence-corrected chi connectivity index (χ3v) is 6.47. The summed E-state index contributed by atoms with van der Waals surface area (Å²) in [6.07, 6.45) is 0.961. The van der Waals surface area contributed by atoms with Crippen LogP contribution in [0.5, 0.6) is 0 Å². The molecule has 2 aromatic carbocycles. The summed E-state index contributed by atoms with van der Waals surface area (Å²) < 4.78 is 0. The van der Waals surface area contributed by atoms with E-state index >= 15 is 0 Å². The molecule has 1 N–H and O–H groups in total. The number of nitrogens with zero attached hydrogens (tertiary/aromatic N) is 2. The molecule has 1 fully saturated rings. The highest BCUT2D eigenvalue weighted by Gasteiger charge is 2.31. The molecule has 2 aromatic rings. The third kappa shape index (κ3) is 4.64. The number of nitrogens with one attached hydrogen (secondary N) is 1. The van der Waals surface area contributed by atoms with Gasteiger partial charge in [0.2, 0.25) is 17.7 Å². The maximum absolute atomic E-state index is 12.8. The molecule has 4 amide bonds. The lowest BCUT2D eigenvalue weighted by Gasteiger charge is -2.36. The van der Waals surface area contributed by atoms with Crippen LogP contribution in [0.15, 0.2) is 48.5 Å². The number of hydrogen-bond acceptors (Lipinski definition) is 5. The number of benzene rings is 2. The SMILES string of the molecule is CC(=O)N1CCc2ccccc2C1CC(=O)Nc1ccc(CN2C(=O)CSC2=O)cc1. The van der Waals surface area contributed by atoms with Crippen molar-refractivity contribution in [2.75, 3.05) is 17.6 Å². The highest BCUT2D eigenvalue weighted by molar-refractivity contribution is 8.14. The minimum Gasteiger partial charge on any atom is -0.335 e. The highest BCUT2D eigenvalue weighted by atomic mass is 32.2. The van der Waals surface area contributed by atoms with Gasteiger partial charge >= 0.3 is 0 Å². The zero-order valence-electron chi connectivity index (χ0n) is 17.2. The van der Waals surface area contributed by atoms with Gasteiger partial charge in [0.05, 0.1) is 24.8 Å². The predicted octanol–water partition coefficient (Wildman–Crippen LogP) is 3.36.